The number of ether oxygens (including phenoxy) is 1. The SMILES string of the molecule is COc1ccc([C@H]2S[C@H](C)C(=O)N2c2ccc(C)cc2)cc1. The molecule has 3 nitrogen and oxygen atoms in total. The molecule has 0 radical (unpaired) electrons. The number of methoxy groups -OCH3 is 1. The van der Waals surface area contributed by atoms with E-state index >= 15 is 0 Å². The van der Waals surface area contributed by atoms with Gasteiger partial charge in [0, 0.05) is 5.69 Å². The van der Waals surface area contributed by atoms with Crippen LogP contribution in [0.2, 0.25) is 0 Å². The average Bonchev–Trinajstić information content (AvgIpc) is 2.84. The lowest BCUT2D eigenvalue weighted by atomic mass is 10.1. The van der Waals surface area contributed by atoms with Crippen LogP contribution in [0.1, 0.15) is 23.4 Å². The molecule has 0 N–H and O–H groups in total. The van der Waals surface area contributed by atoms with Crippen LogP contribution < -0.4 is 9.64 Å². The molecule has 0 aliphatic carbocycles. The molecule has 0 spiro atoms. The minimum absolute atomic E-state index is 0.0103. The van der Waals surface area contributed by atoms with E-state index in [2.05, 4.69) is 0 Å². The Balaban J connectivity index is 1.97. The molecule has 0 unspecified atom stereocenters. The van der Waals surface area contributed by atoms with E-state index in [4.69, 9.17) is 4.74 Å². The highest BCUT2D eigenvalue weighted by Crippen LogP contribution is 2.45. The fraction of sp³-hybridized carbons (Fsp3) is 0.278. The largest absolute Gasteiger partial charge is 0.497 e. The molecular weight excluding hydrogens is 294 g/mol. The molecule has 1 fully saturated rings. The summed E-state index contributed by atoms with van der Waals surface area (Å²) in [5, 5.41) is -0.0236. The standard InChI is InChI=1S/C18H19NO2S/c1-12-4-8-15(9-5-12)19-17(20)13(2)22-18(19)14-6-10-16(21-3)11-7-14/h4-11,13,18H,1-3H3/t13-,18-/m1/s1. The third-order valence-electron chi connectivity index (χ3n) is 3.87. The van der Waals surface area contributed by atoms with Gasteiger partial charge in [0.25, 0.3) is 0 Å². The van der Waals surface area contributed by atoms with E-state index < -0.39 is 0 Å². The average molecular weight is 313 g/mol. The Labute approximate surface area is 135 Å². The van der Waals surface area contributed by atoms with Crippen LogP contribution in [0, 0.1) is 6.92 Å². The van der Waals surface area contributed by atoms with Crippen LogP contribution >= 0.6 is 11.8 Å². The summed E-state index contributed by atoms with van der Waals surface area (Å²) in [6.45, 7) is 4.02. The predicted molar refractivity (Wildman–Crippen MR) is 91.5 cm³/mol. The lowest BCUT2D eigenvalue weighted by Crippen LogP contribution is -2.30. The highest BCUT2D eigenvalue weighted by Gasteiger charge is 2.39. The number of aryl methyl sites for hydroxylation is 1. The van der Waals surface area contributed by atoms with Gasteiger partial charge in [0.05, 0.1) is 12.4 Å². The first-order chi connectivity index (χ1) is 10.6. The third-order valence-corrected chi connectivity index (χ3v) is 5.22. The third kappa shape index (κ3) is 2.71. The molecule has 114 valence electrons. The van der Waals surface area contributed by atoms with Gasteiger partial charge in [-0.2, -0.15) is 0 Å². The first kappa shape index (κ1) is 15.0. The van der Waals surface area contributed by atoms with E-state index in [0.29, 0.717) is 0 Å². The van der Waals surface area contributed by atoms with Crippen LogP contribution in [0.25, 0.3) is 0 Å². The fourth-order valence-electron chi connectivity index (χ4n) is 2.59. The molecule has 0 aromatic heterocycles. The molecule has 22 heavy (non-hydrogen) atoms. The number of anilines is 1. The lowest BCUT2D eigenvalue weighted by molar-refractivity contribution is -0.117. The van der Waals surface area contributed by atoms with E-state index in [1.165, 1.54) is 5.56 Å². The number of carbonyl (C=O) groups excluding carboxylic acids is 1. The molecule has 1 aliphatic rings. The van der Waals surface area contributed by atoms with Crippen LogP contribution in [0.5, 0.6) is 5.75 Å². The number of thioether (sulfide) groups is 1. The molecule has 4 heteroatoms. The van der Waals surface area contributed by atoms with Gasteiger partial charge in [-0.25, -0.2) is 0 Å². The molecule has 2 atom stereocenters. The smallest absolute Gasteiger partial charge is 0.241 e. The Morgan fingerprint density at radius 2 is 1.68 bits per heavy atom. The van der Waals surface area contributed by atoms with E-state index in [-0.39, 0.29) is 16.5 Å². The molecule has 0 bridgehead atoms. The number of carbonyl (C=O) groups is 1. The molecule has 0 saturated carbocycles. The van der Waals surface area contributed by atoms with Gasteiger partial charge >= 0.3 is 0 Å². The maximum Gasteiger partial charge on any atom is 0.241 e. The van der Waals surface area contributed by atoms with Gasteiger partial charge in [-0.1, -0.05) is 29.8 Å². The van der Waals surface area contributed by atoms with Gasteiger partial charge in [-0.05, 0) is 43.7 Å². The monoisotopic (exact) mass is 313 g/mol. The van der Waals surface area contributed by atoms with Gasteiger partial charge in [-0.3, -0.25) is 9.69 Å². The summed E-state index contributed by atoms with van der Waals surface area (Å²) in [5.74, 6) is 0.989. The molecular formula is C18H19NO2S. The fourth-order valence-corrected chi connectivity index (χ4v) is 3.87. The Morgan fingerprint density at radius 1 is 1.05 bits per heavy atom. The van der Waals surface area contributed by atoms with Crippen LogP contribution in [0.15, 0.2) is 48.5 Å². The number of nitrogens with zero attached hydrogens (tertiary/aromatic N) is 1. The highest BCUT2D eigenvalue weighted by molar-refractivity contribution is 8.01. The Kier molecular flexibility index (Phi) is 4.12. The van der Waals surface area contributed by atoms with Crippen molar-refractivity contribution in [2.24, 2.45) is 0 Å². The van der Waals surface area contributed by atoms with Gasteiger partial charge in [0.1, 0.15) is 11.1 Å². The first-order valence-corrected chi connectivity index (χ1v) is 8.23. The van der Waals surface area contributed by atoms with E-state index in [1.807, 2.05) is 67.3 Å². The summed E-state index contributed by atoms with van der Waals surface area (Å²) in [6, 6.07) is 16.1. The van der Waals surface area contributed by atoms with Crippen LogP contribution in [0.4, 0.5) is 5.69 Å². The maximum absolute atomic E-state index is 12.6. The van der Waals surface area contributed by atoms with Crippen LogP contribution in [-0.2, 0) is 4.79 Å². The summed E-state index contributed by atoms with van der Waals surface area (Å²) < 4.78 is 5.21. The van der Waals surface area contributed by atoms with Crippen molar-refractivity contribution in [2.45, 2.75) is 24.5 Å². The number of amides is 1. The van der Waals surface area contributed by atoms with Crippen molar-refractivity contribution in [3.05, 3.63) is 59.7 Å². The van der Waals surface area contributed by atoms with Crippen molar-refractivity contribution in [1.29, 1.82) is 0 Å². The highest BCUT2D eigenvalue weighted by atomic mass is 32.2. The summed E-state index contributed by atoms with van der Waals surface area (Å²) in [4.78, 5) is 14.5. The van der Waals surface area contributed by atoms with Gasteiger partial charge in [-0.15, -0.1) is 11.8 Å². The number of rotatable bonds is 3. The molecule has 2 aromatic carbocycles. The molecule has 1 saturated heterocycles. The number of benzene rings is 2. The lowest BCUT2D eigenvalue weighted by Gasteiger charge is -2.24. The quantitative estimate of drug-likeness (QED) is 0.851. The second kappa shape index (κ2) is 6.05. The minimum Gasteiger partial charge on any atom is -0.497 e. The van der Waals surface area contributed by atoms with Crippen molar-refractivity contribution in [3.63, 3.8) is 0 Å². The summed E-state index contributed by atoms with van der Waals surface area (Å²) >= 11 is 1.68. The van der Waals surface area contributed by atoms with Crippen molar-refractivity contribution in [1.82, 2.24) is 0 Å². The summed E-state index contributed by atoms with van der Waals surface area (Å²) in [7, 11) is 1.66. The van der Waals surface area contributed by atoms with Crippen molar-refractivity contribution < 1.29 is 9.53 Å². The second-order valence-corrected chi connectivity index (χ2v) is 6.87. The normalized spacial score (nSPS) is 21.2. The molecule has 3 rings (SSSR count). The van der Waals surface area contributed by atoms with Gasteiger partial charge in [0.15, 0.2) is 0 Å². The van der Waals surface area contributed by atoms with Gasteiger partial charge < -0.3 is 4.74 Å². The van der Waals surface area contributed by atoms with Crippen molar-refractivity contribution >= 4 is 23.4 Å². The molecule has 1 heterocycles. The summed E-state index contributed by atoms with van der Waals surface area (Å²) in [6.07, 6.45) is 0. The first-order valence-electron chi connectivity index (χ1n) is 7.29. The van der Waals surface area contributed by atoms with E-state index in [9.17, 15) is 4.79 Å². The van der Waals surface area contributed by atoms with Crippen molar-refractivity contribution in [2.75, 3.05) is 12.0 Å². The number of hydrogen-bond donors (Lipinski definition) is 0. The Hall–Kier alpha value is -1.94. The maximum atomic E-state index is 12.6. The number of hydrogen-bond acceptors (Lipinski definition) is 3. The predicted octanol–water partition coefficient (Wildman–Crippen LogP) is 4.17. The van der Waals surface area contributed by atoms with E-state index in [0.717, 1.165) is 17.0 Å². The van der Waals surface area contributed by atoms with Gasteiger partial charge in [0.2, 0.25) is 5.91 Å². The van der Waals surface area contributed by atoms with E-state index in [1.54, 1.807) is 18.9 Å². The van der Waals surface area contributed by atoms with Crippen molar-refractivity contribution in [3.8, 4) is 5.75 Å². The molecule has 1 aliphatic heterocycles. The zero-order chi connectivity index (χ0) is 15.7. The van der Waals surface area contributed by atoms with Crippen LogP contribution in [-0.4, -0.2) is 18.3 Å². The second-order valence-electron chi connectivity index (χ2n) is 5.45. The molecule has 1 amide bonds. The Bertz CT molecular complexity index is 666. The minimum atomic E-state index is -0.0339. The zero-order valence-electron chi connectivity index (χ0n) is 12.9. The topological polar surface area (TPSA) is 29.5 Å². The zero-order valence-corrected chi connectivity index (χ0v) is 13.8. The molecule has 2 aromatic rings. The van der Waals surface area contributed by atoms with Crippen LogP contribution in [0.3, 0.4) is 0 Å². The summed E-state index contributed by atoms with van der Waals surface area (Å²) in [5.41, 5.74) is 3.26. The Morgan fingerprint density at radius 3 is 2.27 bits per heavy atom.